The molecule has 0 unspecified atom stereocenters. The predicted molar refractivity (Wildman–Crippen MR) is 142 cm³/mol. The number of unbranched alkanes of at least 4 members (excludes halogenated alkanes) is 1. The van der Waals surface area contributed by atoms with Crippen molar-refractivity contribution in [2.75, 3.05) is 58.3 Å². The summed E-state index contributed by atoms with van der Waals surface area (Å²) >= 11 is 1.39. The normalized spacial score (nSPS) is 13.8. The molecule has 4 rings (SSSR count). The van der Waals surface area contributed by atoms with Gasteiger partial charge in [-0.05, 0) is 49.1 Å². The number of carbonyl (C=O) groups excluding carboxylic acids is 1. The van der Waals surface area contributed by atoms with Gasteiger partial charge in [-0.25, -0.2) is 0 Å². The number of carbonyl (C=O) groups is 1. The number of anilines is 1. The monoisotopic (exact) mass is 510 g/mol. The number of aromatic nitrogens is 1. The number of methoxy groups -OCH3 is 1. The van der Waals surface area contributed by atoms with E-state index < -0.39 is 0 Å². The van der Waals surface area contributed by atoms with E-state index in [9.17, 15) is 4.79 Å². The molecule has 3 aromatic rings. The predicted octanol–water partition coefficient (Wildman–Crippen LogP) is 4.82. The molecule has 1 fully saturated rings. The zero-order valence-electron chi connectivity index (χ0n) is 19.1. The summed E-state index contributed by atoms with van der Waals surface area (Å²) < 4.78 is 11.0. The molecule has 0 N–H and O–H groups in total. The summed E-state index contributed by atoms with van der Waals surface area (Å²) in [6.45, 7) is 5.95. The van der Waals surface area contributed by atoms with Crippen molar-refractivity contribution in [1.82, 2.24) is 14.2 Å². The van der Waals surface area contributed by atoms with Crippen molar-refractivity contribution >= 4 is 58.0 Å². The van der Waals surface area contributed by atoms with Crippen molar-refractivity contribution in [1.29, 1.82) is 0 Å². The van der Waals surface area contributed by atoms with Gasteiger partial charge in [-0.3, -0.25) is 9.69 Å². The lowest BCUT2D eigenvalue weighted by Crippen LogP contribution is -2.46. The number of hydrogen-bond acceptors (Lipinski definition) is 6. The Morgan fingerprint density at radius 2 is 1.73 bits per heavy atom. The summed E-state index contributed by atoms with van der Waals surface area (Å²) in [4.78, 5) is 19.5. The first-order valence-corrected chi connectivity index (χ1v) is 11.6. The molecule has 0 saturated carbocycles. The highest BCUT2D eigenvalue weighted by Gasteiger charge is 2.20. The third-order valence-electron chi connectivity index (χ3n) is 5.94. The number of hydrogen-bond donors (Lipinski definition) is 0. The zero-order chi connectivity index (χ0) is 21.6. The zero-order valence-corrected chi connectivity index (χ0v) is 21.6. The Kier molecular flexibility index (Phi) is 10.7. The van der Waals surface area contributed by atoms with Crippen LogP contribution < -0.4 is 9.64 Å². The summed E-state index contributed by atoms with van der Waals surface area (Å²) in [5.74, 6) is 0.958. The number of para-hydroxylation sites is 2. The van der Waals surface area contributed by atoms with Crippen LogP contribution in [0.5, 0.6) is 5.75 Å². The Morgan fingerprint density at radius 1 is 1.03 bits per heavy atom. The van der Waals surface area contributed by atoms with Crippen LogP contribution in [0.4, 0.5) is 5.69 Å². The van der Waals surface area contributed by atoms with Gasteiger partial charge >= 0.3 is 0 Å². The fraction of sp³-hybridized carbons (Fsp3) is 0.417. The second-order valence-electron chi connectivity index (χ2n) is 7.96. The van der Waals surface area contributed by atoms with Crippen molar-refractivity contribution in [2.24, 2.45) is 0 Å². The second-order valence-corrected chi connectivity index (χ2v) is 8.77. The van der Waals surface area contributed by atoms with Gasteiger partial charge in [-0.1, -0.05) is 30.3 Å². The van der Waals surface area contributed by atoms with E-state index in [-0.39, 0.29) is 30.7 Å². The maximum atomic E-state index is 12.8. The highest BCUT2D eigenvalue weighted by atomic mass is 35.5. The SMILES string of the molecule is COc1ccccc1N1CCN(CCCCN(C)C(=O)c2nsc3ccccc23)CC1.Cl.Cl. The highest BCUT2D eigenvalue weighted by Crippen LogP contribution is 2.28. The standard InChI is InChI=1S/C24H30N4O2S.2ClH/c1-26(24(29)23-19-9-3-6-12-22(19)31-25-23)13-7-8-14-27-15-17-28(18-16-27)20-10-4-5-11-21(20)30-2;;/h3-6,9-12H,7-8,13-18H2,1-2H3;2*1H. The van der Waals surface area contributed by atoms with Crippen molar-refractivity contribution in [2.45, 2.75) is 12.8 Å². The van der Waals surface area contributed by atoms with Gasteiger partial charge in [0.2, 0.25) is 0 Å². The first-order valence-electron chi connectivity index (χ1n) is 10.9. The van der Waals surface area contributed by atoms with E-state index in [0.717, 1.165) is 67.9 Å². The van der Waals surface area contributed by atoms with Gasteiger partial charge in [-0.15, -0.1) is 24.8 Å². The van der Waals surface area contributed by atoms with E-state index in [1.807, 2.05) is 43.4 Å². The lowest BCUT2D eigenvalue weighted by Gasteiger charge is -2.36. The molecule has 1 aliphatic heterocycles. The molecule has 9 heteroatoms. The van der Waals surface area contributed by atoms with Gasteiger partial charge < -0.3 is 14.5 Å². The quantitative estimate of drug-likeness (QED) is 0.406. The number of ether oxygens (including phenoxy) is 1. The molecule has 1 aromatic heterocycles. The summed E-state index contributed by atoms with van der Waals surface area (Å²) in [6.07, 6.45) is 2.08. The van der Waals surface area contributed by atoms with Crippen LogP contribution >= 0.6 is 36.3 Å². The molecule has 0 atom stereocenters. The molecule has 1 aliphatic rings. The average molecular weight is 512 g/mol. The molecule has 180 valence electrons. The minimum Gasteiger partial charge on any atom is -0.495 e. The van der Waals surface area contributed by atoms with Crippen LogP contribution in [0.1, 0.15) is 23.3 Å². The molecule has 6 nitrogen and oxygen atoms in total. The van der Waals surface area contributed by atoms with Crippen LogP contribution in [0.25, 0.3) is 10.1 Å². The van der Waals surface area contributed by atoms with Crippen molar-refractivity contribution in [3.8, 4) is 5.75 Å². The third-order valence-corrected chi connectivity index (χ3v) is 6.77. The van der Waals surface area contributed by atoms with E-state index in [1.165, 1.54) is 17.2 Å². The Balaban J connectivity index is 0.00000193. The van der Waals surface area contributed by atoms with E-state index in [1.54, 1.807) is 12.0 Å². The number of nitrogens with zero attached hydrogens (tertiary/aromatic N) is 4. The fourth-order valence-corrected chi connectivity index (χ4v) is 4.88. The van der Waals surface area contributed by atoms with Crippen LogP contribution in [0, 0.1) is 0 Å². The molecular formula is C24H32Cl2N4O2S. The van der Waals surface area contributed by atoms with Gasteiger partial charge in [-0.2, -0.15) is 4.37 Å². The Hall–Kier alpha value is -2.06. The maximum absolute atomic E-state index is 12.8. The smallest absolute Gasteiger partial charge is 0.273 e. The van der Waals surface area contributed by atoms with Gasteiger partial charge in [0.1, 0.15) is 11.4 Å². The third kappa shape index (κ3) is 6.51. The lowest BCUT2D eigenvalue weighted by atomic mass is 10.2. The minimum absolute atomic E-state index is 0. The minimum atomic E-state index is 0. The molecule has 33 heavy (non-hydrogen) atoms. The molecule has 0 bridgehead atoms. The van der Waals surface area contributed by atoms with Gasteiger partial charge in [0.25, 0.3) is 5.91 Å². The van der Waals surface area contributed by atoms with Crippen molar-refractivity contribution in [3.05, 3.63) is 54.2 Å². The number of halogens is 2. The molecule has 0 radical (unpaired) electrons. The number of benzene rings is 2. The molecule has 2 heterocycles. The van der Waals surface area contributed by atoms with Crippen LogP contribution in [-0.4, -0.2) is 73.5 Å². The average Bonchev–Trinajstić information content (AvgIpc) is 3.26. The van der Waals surface area contributed by atoms with Crippen molar-refractivity contribution in [3.63, 3.8) is 0 Å². The summed E-state index contributed by atoms with van der Waals surface area (Å²) in [6, 6.07) is 16.2. The number of rotatable bonds is 8. The fourth-order valence-electron chi connectivity index (χ4n) is 4.11. The molecule has 0 aliphatic carbocycles. The van der Waals surface area contributed by atoms with Crippen molar-refractivity contribution < 1.29 is 9.53 Å². The molecule has 0 spiro atoms. The largest absolute Gasteiger partial charge is 0.495 e. The van der Waals surface area contributed by atoms with Crippen LogP contribution in [0.2, 0.25) is 0 Å². The molecule has 1 saturated heterocycles. The van der Waals surface area contributed by atoms with Gasteiger partial charge in [0, 0.05) is 45.2 Å². The summed E-state index contributed by atoms with van der Waals surface area (Å²) in [5, 5.41) is 0.956. The Bertz CT molecular complexity index is 1020. The topological polar surface area (TPSA) is 48.9 Å². The first kappa shape index (κ1) is 27.2. The Labute approximate surface area is 212 Å². The first-order chi connectivity index (χ1) is 15.2. The van der Waals surface area contributed by atoms with E-state index in [2.05, 4.69) is 26.3 Å². The summed E-state index contributed by atoms with van der Waals surface area (Å²) in [7, 11) is 3.61. The van der Waals surface area contributed by atoms with Crippen LogP contribution in [0.3, 0.4) is 0 Å². The lowest BCUT2D eigenvalue weighted by molar-refractivity contribution is 0.0788. The number of amides is 1. The maximum Gasteiger partial charge on any atom is 0.273 e. The molecule has 2 aromatic carbocycles. The number of fused-ring (bicyclic) bond motifs is 1. The van der Waals surface area contributed by atoms with E-state index >= 15 is 0 Å². The second kappa shape index (κ2) is 13.0. The van der Waals surface area contributed by atoms with E-state index in [0.29, 0.717) is 5.69 Å². The van der Waals surface area contributed by atoms with E-state index in [4.69, 9.17) is 4.74 Å². The molecular weight excluding hydrogens is 479 g/mol. The highest BCUT2D eigenvalue weighted by molar-refractivity contribution is 7.13. The van der Waals surface area contributed by atoms with Gasteiger partial charge in [0.05, 0.1) is 17.5 Å². The molecule has 1 amide bonds. The van der Waals surface area contributed by atoms with Gasteiger partial charge in [0.15, 0.2) is 0 Å². The summed E-state index contributed by atoms with van der Waals surface area (Å²) in [5.41, 5.74) is 1.76. The van der Waals surface area contributed by atoms with Crippen LogP contribution in [0.15, 0.2) is 48.5 Å². The number of piperazine rings is 1. The Morgan fingerprint density at radius 3 is 2.48 bits per heavy atom. The van der Waals surface area contributed by atoms with Crippen LogP contribution in [-0.2, 0) is 0 Å².